The number of aryl methyl sites for hydroxylation is 1. The van der Waals surface area contributed by atoms with Crippen LogP contribution in [0.2, 0.25) is 10.0 Å². The van der Waals surface area contributed by atoms with Gasteiger partial charge in [-0.3, -0.25) is 14.4 Å². The Kier molecular flexibility index (Phi) is 6.06. The number of nitrogens with zero attached hydrogens (tertiary/aromatic N) is 1. The van der Waals surface area contributed by atoms with E-state index < -0.39 is 18.0 Å². The standard InChI is InChI=1S/C21H19Cl2NO4/c1-12-6-8-14(9-7-12)20(26)13(2)28-21(27)15-10-18(25)24(11-15)17-5-3-4-16(22)19(17)23/h3-9,13,15H,10-11H2,1-2H3/t13-,15+/m0/s1. The number of ether oxygens (including phenoxy) is 1. The van der Waals surface area contributed by atoms with Crippen molar-refractivity contribution in [2.75, 3.05) is 11.4 Å². The smallest absolute Gasteiger partial charge is 0.312 e. The highest BCUT2D eigenvalue weighted by atomic mass is 35.5. The highest BCUT2D eigenvalue weighted by molar-refractivity contribution is 6.44. The number of carbonyl (C=O) groups is 3. The third-order valence-electron chi connectivity index (χ3n) is 4.68. The Hall–Kier alpha value is -2.37. The fourth-order valence-corrected chi connectivity index (χ4v) is 3.47. The molecule has 7 heteroatoms. The third kappa shape index (κ3) is 4.21. The first-order chi connectivity index (χ1) is 13.3. The molecule has 2 aromatic carbocycles. The van der Waals surface area contributed by atoms with Crippen molar-refractivity contribution in [1.82, 2.24) is 0 Å². The predicted octanol–water partition coefficient (Wildman–Crippen LogP) is 4.47. The van der Waals surface area contributed by atoms with Crippen LogP contribution < -0.4 is 4.90 Å². The summed E-state index contributed by atoms with van der Waals surface area (Å²) < 4.78 is 5.34. The van der Waals surface area contributed by atoms with Crippen molar-refractivity contribution in [3.63, 3.8) is 0 Å². The van der Waals surface area contributed by atoms with Crippen LogP contribution in [0.4, 0.5) is 5.69 Å². The first-order valence-electron chi connectivity index (χ1n) is 8.83. The summed E-state index contributed by atoms with van der Waals surface area (Å²) in [4.78, 5) is 38.8. The van der Waals surface area contributed by atoms with E-state index in [9.17, 15) is 14.4 Å². The monoisotopic (exact) mass is 419 g/mol. The Balaban J connectivity index is 1.66. The SMILES string of the molecule is Cc1ccc(C(=O)[C@H](C)OC(=O)[C@@H]2CC(=O)N(c3cccc(Cl)c3Cl)C2)cc1. The molecule has 1 amide bonds. The second-order valence-electron chi connectivity index (χ2n) is 6.79. The largest absolute Gasteiger partial charge is 0.454 e. The van der Waals surface area contributed by atoms with Gasteiger partial charge in [0.1, 0.15) is 0 Å². The molecule has 1 aliphatic rings. The van der Waals surface area contributed by atoms with Crippen LogP contribution in [0.15, 0.2) is 42.5 Å². The van der Waals surface area contributed by atoms with Crippen LogP contribution in [0.1, 0.15) is 29.3 Å². The van der Waals surface area contributed by atoms with Crippen LogP contribution in [0.25, 0.3) is 0 Å². The lowest BCUT2D eigenvalue weighted by Crippen LogP contribution is -2.30. The van der Waals surface area contributed by atoms with Gasteiger partial charge in [0, 0.05) is 18.5 Å². The first kappa shape index (κ1) is 20.4. The first-order valence-corrected chi connectivity index (χ1v) is 9.59. The Morgan fingerprint density at radius 3 is 2.50 bits per heavy atom. The molecular weight excluding hydrogens is 401 g/mol. The average molecular weight is 420 g/mol. The molecule has 5 nitrogen and oxygen atoms in total. The van der Waals surface area contributed by atoms with E-state index >= 15 is 0 Å². The van der Waals surface area contributed by atoms with Crippen LogP contribution in [-0.4, -0.2) is 30.3 Å². The highest BCUT2D eigenvalue weighted by Crippen LogP contribution is 2.36. The van der Waals surface area contributed by atoms with E-state index in [4.69, 9.17) is 27.9 Å². The maximum Gasteiger partial charge on any atom is 0.312 e. The highest BCUT2D eigenvalue weighted by Gasteiger charge is 2.38. The molecule has 0 aromatic heterocycles. The van der Waals surface area contributed by atoms with E-state index in [2.05, 4.69) is 0 Å². The van der Waals surface area contributed by atoms with Crippen LogP contribution in [0.5, 0.6) is 0 Å². The molecular formula is C21H19Cl2NO4. The van der Waals surface area contributed by atoms with Gasteiger partial charge in [0.05, 0.1) is 21.7 Å². The van der Waals surface area contributed by atoms with E-state index in [-0.39, 0.29) is 29.7 Å². The van der Waals surface area contributed by atoms with Crippen molar-refractivity contribution in [2.45, 2.75) is 26.4 Å². The third-order valence-corrected chi connectivity index (χ3v) is 5.49. The Morgan fingerprint density at radius 1 is 1.14 bits per heavy atom. The van der Waals surface area contributed by atoms with E-state index in [0.717, 1.165) is 5.56 Å². The van der Waals surface area contributed by atoms with Crippen LogP contribution in [-0.2, 0) is 14.3 Å². The minimum absolute atomic E-state index is 0.00683. The quantitative estimate of drug-likeness (QED) is 0.529. The predicted molar refractivity (Wildman–Crippen MR) is 108 cm³/mol. The summed E-state index contributed by atoms with van der Waals surface area (Å²) in [5.41, 5.74) is 1.96. The number of halogens is 2. The molecule has 1 fully saturated rings. The molecule has 0 spiro atoms. The van der Waals surface area contributed by atoms with Crippen molar-refractivity contribution in [2.24, 2.45) is 5.92 Å². The van der Waals surface area contributed by atoms with E-state index in [0.29, 0.717) is 16.3 Å². The minimum atomic E-state index is -0.936. The number of anilines is 1. The van der Waals surface area contributed by atoms with Gasteiger partial charge in [0.25, 0.3) is 0 Å². The van der Waals surface area contributed by atoms with Crippen molar-refractivity contribution in [3.05, 3.63) is 63.6 Å². The zero-order chi connectivity index (χ0) is 20.4. The summed E-state index contributed by atoms with van der Waals surface area (Å²) >= 11 is 12.2. The molecule has 2 aromatic rings. The summed E-state index contributed by atoms with van der Waals surface area (Å²) in [6.07, 6.45) is -0.943. The van der Waals surface area contributed by atoms with Crippen molar-refractivity contribution in [3.8, 4) is 0 Å². The van der Waals surface area contributed by atoms with E-state index in [1.807, 2.05) is 19.1 Å². The lowest BCUT2D eigenvalue weighted by Gasteiger charge is -2.19. The summed E-state index contributed by atoms with van der Waals surface area (Å²) in [5, 5.41) is 0.588. The van der Waals surface area contributed by atoms with Gasteiger partial charge < -0.3 is 9.64 Å². The lowest BCUT2D eigenvalue weighted by molar-refractivity contribution is -0.151. The minimum Gasteiger partial charge on any atom is -0.454 e. The molecule has 2 atom stereocenters. The molecule has 28 heavy (non-hydrogen) atoms. The lowest BCUT2D eigenvalue weighted by atomic mass is 10.1. The Morgan fingerprint density at radius 2 is 1.82 bits per heavy atom. The second-order valence-corrected chi connectivity index (χ2v) is 7.57. The molecule has 1 saturated heterocycles. The maximum atomic E-state index is 12.5. The topological polar surface area (TPSA) is 63.7 Å². The van der Waals surface area contributed by atoms with Gasteiger partial charge in [0.2, 0.25) is 11.7 Å². The number of hydrogen-bond acceptors (Lipinski definition) is 4. The van der Waals surface area contributed by atoms with Gasteiger partial charge in [-0.2, -0.15) is 0 Å². The maximum absolute atomic E-state index is 12.5. The summed E-state index contributed by atoms with van der Waals surface area (Å²) in [7, 11) is 0. The van der Waals surface area contributed by atoms with Gasteiger partial charge >= 0.3 is 5.97 Å². The number of hydrogen-bond donors (Lipinski definition) is 0. The van der Waals surface area contributed by atoms with Gasteiger partial charge in [-0.15, -0.1) is 0 Å². The molecule has 3 rings (SSSR count). The van der Waals surface area contributed by atoms with Gasteiger partial charge in [-0.1, -0.05) is 59.1 Å². The summed E-state index contributed by atoms with van der Waals surface area (Å²) in [5.74, 6) is -1.78. The van der Waals surface area contributed by atoms with Crippen molar-refractivity contribution < 1.29 is 19.1 Å². The van der Waals surface area contributed by atoms with Crippen molar-refractivity contribution >= 4 is 46.5 Å². The van der Waals surface area contributed by atoms with Crippen LogP contribution in [0, 0.1) is 12.8 Å². The normalized spacial score (nSPS) is 17.5. The van der Waals surface area contributed by atoms with Crippen LogP contribution in [0.3, 0.4) is 0 Å². The second kappa shape index (κ2) is 8.33. The molecule has 0 aliphatic carbocycles. The fraction of sp³-hybridized carbons (Fsp3) is 0.286. The number of benzene rings is 2. The van der Waals surface area contributed by atoms with Gasteiger partial charge in [-0.25, -0.2) is 0 Å². The Labute approximate surface area is 173 Å². The average Bonchev–Trinajstić information content (AvgIpc) is 3.05. The van der Waals surface area contributed by atoms with Gasteiger partial charge in [0.15, 0.2) is 6.10 Å². The van der Waals surface area contributed by atoms with Crippen LogP contribution >= 0.6 is 23.2 Å². The van der Waals surface area contributed by atoms with E-state index in [1.54, 1.807) is 30.3 Å². The number of ketones is 1. The summed E-state index contributed by atoms with van der Waals surface area (Å²) in [6, 6.07) is 12.0. The van der Waals surface area contributed by atoms with E-state index in [1.165, 1.54) is 11.8 Å². The molecule has 0 bridgehead atoms. The number of rotatable bonds is 5. The molecule has 0 unspecified atom stereocenters. The molecule has 146 valence electrons. The summed E-state index contributed by atoms with van der Waals surface area (Å²) in [6.45, 7) is 3.58. The zero-order valence-corrected chi connectivity index (χ0v) is 17.0. The fourth-order valence-electron chi connectivity index (χ4n) is 3.08. The number of Topliss-reactive ketones (excluding diaryl/α,β-unsaturated/α-hetero) is 1. The zero-order valence-electron chi connectivity index (χ0n) is 15.4. The molecule has 0 N–H and O–H groups in total. The molecule has 1 aliphatic heterocycles. The molecule has 0 radical (unpaired) electrons. The Bertz CT molecular complexity index is 927. The number of amides is 1. The number of esters is 1. The van der Waals surface area contributed by atoms with Gasteiger partial charge in [-0.05, 0) is 26.0 Å². The molecule has 0 saturated carbocycles. The number of carbonyl (C=O) groups excluding carboxylic acids is 3. The molecule has 1 heterocycles. The van der Waals surface area contributed by atoms with Crippen molar-refractivity contribution in [1.29, 1.82) is 0 Å².